The van der Waals surface area contributed by atoms with Crippen molar-refractivity contribution in [3.05, 3.63) is 75.8 Å². The maximum absolute atomic E-state index is 12.1. The van der Waals surface area contributed by atoms with Crippen molar-refractivity contribution in [3.8, 4) is 5.75 Å². The van der Waals surface area contributed by atoms with E-state index < -0.39 is 0 Å². The van der Waals surface area contributed by atoms with Crippen LogP contribution in [0.4, 0.5) is 0 Å². The highest BCUT2D eigenvalue weighted by Gasteiger charge is 2.21. The smallest absolute Gasteiger partial charge is 0.247 e. The summed E-state index contributed by atoms with van der Waals surface area (Å²) in [6.07, 6.45) is 1.63. The Morgan fingerprint density at radius 1 is 1.04 bits per heavy atom. The molecule has 1 heterocycles. The molecule has 1 aliphatic rings. The molecule has 0 bridgehead atoms. The molecule has 0 saturated heterocycles. The van der Waals surface area contributed by atoms with E-state index in [0.717, 1.165) is 11.1 Å². The van der Waals surface area contributed by atoms with Crippen LogP contribution in [-0.2, 0) is 11.3 Å². The zero-order valence-corrected chi connectivity index (χ0v) is 13.8. The molecule has 0 unspecified atom stereocenters. The van der Waals surface area contributed by atoms with Crippen LogP contribution in [-0.4, -0.2) is 24.0 Å². The van der Waals surface area contributed by atoms with Gasteiger partial charge in [-0.15, -0.1) is 0 Å². The van der Waals surface area contributed by atoms with E-state index in [-0.39, 0.29) is 5.91 Å². The van der Waals surface area contributed by atoms with Crippen molar-refractivity contribution in [1.29, 1.82) is 0 Å². The van der Waals surface area contributed by atoms with E-state index in [1.165, 1.54) is 0 Å². The molecule has 1 amide bonds. The quantitative estimate of drug-likeness (QED) is 0.804. The minimum absolute atomic E-state index is 0.0107. The molecule has 0 radical (unpaired) electrons. The second kappa shape index (κ2) is 7.07. The van der Waals surface area contributed by atoms with Crippen LogP contribution in [0.1, 0.15) is 5.56 Å². The fraction of sp³-hybridized carbons (Fsp3) is 0.167. The van der Waals surface area contributed by atoms with Crippen LogP contribution >= 0.6 is 23.2 Å². The fourth-order valence-corrected chi connectivity index (χ4v) is 2.95. The van der Waals surface area contributed by atoms with Crippen molar-refractivity contribution in [3.63, 3.8) is 0 Å². The first-order valence-corrected chi connectivity index (χ1v) is 7.97. The summed E-state index contributed by atoms with van der Waals surface area (Å²) in [5.41, 5.74) is 2.04. The van der Waals surface area contributed by atoms with Gasteiger partial charge in [0.1, 0.15) is 12.4 Å². The zero-order chi connectivity index (χ0) is 16.2. The number of rotatable bonds is 5. The lowest BCUT2D eigenvalue weighted by molar-refractivity contribution is -0.125. The molecule has 5 heteroatoms. The highest BCUT2D eigenvalue weighted by molar-refractivity contribution is 6.34. The molecule has 0 aromatic heterocycles. The summed E-state index contributed by atoms with van der Waals surface area (Å²) in [6, 6.07) is 15.0. The molecule has 3 nitrogen and oxygen atoms in total. The van der Waals surface area contributed by atoms with Crippen LogP contribution in [0.3, 0.4) is 0 Å². The lowest BCUT2D eigenvalue weighted by Gasteiger charge is -2.17. The number of carbonyl (C=O) groups is 1. The van der Waals surface area contributed by atoms with Gasteiger partial charge in [-0.2, -0.15) is 0 Å². The number of ether oxygens (including phenoxy) is 1. The molecule has 118 valence electrons. The lowest BCUT2D eigenvalue weighted by atomic mass is 10.2. The summed E-state index contributed by atoms with van der Waals surface area (Å²) in [4.78, 5) is 13.9. The third-order valence-electron chi connectivity index (χ3n) is 3.51. The van der Waals surface area contributed by atoms with Gasteiger partial charge in [-0.1, -0.05) is 53.5 Å². The topological polar surface area (TPSA) is 29.5 Å². The van der Waals surface area contributed by atoms with Crippen molar-refractivity contribution < 1.29 is 9.53 Å². The zero-order valence-electron chi connectivity index (χ0n) is 12.3. The van der Waals surface area contributed by atoms with Gasteiger partial charge in [-0.3, -0.25) is 4.79 Å². The van der Waals surface area contributed by atoms with E-state index in [4.69, 9.17) is 27.9 Å². The molecule has 0 atom stereocenters. The van der Waals surface area contributed by atoms with Gasteiger partial charge in [-0.05, 0) is 29.3 Å². The average Bonchev–Trinajstić information content (AvgIpc) is 2.85. The third kappa shape index (κ3) is 4.27. The Kier molecular flexibility index (Phi) is 4.89. The Morgan fingerprint density at radius 2 is 1.74 bits per heavy atom. The predicted octanol–water partition coefficient (Wildman–Crippen LogP) is 4.34. The van der Waals surface area contributed by atoms with Crippen LogP contribution in [0.25, 0.3) is 0 Å². The number of hydrogen-bond donors (Lipinski definition) is 0. The van der Waals surface area contributed by atoms with Crippen LogP contribution in [0.2, 0.25) is 10.0 Å². The molecule has 1 aliphatic heterocycles. The average molecular weight is 348 g/mol. The molecular formula is C18H15Cl2NO2. The Morgan fingerprint density at radius 3 is 2.43 bits per heavy atom. The Labute approximate surface area is 145 Å². The van der Waals surface area contributed by atoms with Gasteiger partial charge in [-0.25, -0.2) is 0 Å². The second-order valence-corrected chi connectivity index (χ2v) is 6.25. The number of amides is 1. The Bertz CT molecular complexity index is 724. The molecule has 3 rings (SSSR count). The molecule has 0 aliphatic carbocycles. The van der Waals surface area contributed by atoms with E-state index in [9.17, 15) is 4.79 Å². The standard InChI is InChI=1S/C18H15Cl2NO2/c19-15-7-16(20)9-17(8-15)23-12-14-6-18(22)21(11-14)10-13-4-2-1-3-5-13/h1-9H,10-12H2. The number of benzene rings is 2. The summed E-state index contributed by atoms with van der Waals surface area (Å²) in [6.45, 7) is 1.51. The summed E-state index contributed by atoms with van der Waals surface area (Å²) in [5, 5.41) is 1.05. The van der Waals surface area contributed by atoms with E-state index in [1.54, 1.807) is 29.2 Å². The normalized spacial score (nSPS) is 14.1. The van der Waals surface area contributed by atoms with Gasteiger partial charge < -0.3 is 9.64 Å². The van der Waals surface area contributed by atoms with Crippen LogP contribution in [0.5, 0.6) is 5.75 Å². The van der Waals surface area contributed by atoms with Gasteiger partial charge in [0.25, 0.3) is 0 Å². The fourth-order valence-electron chi connectivity index (χ4n) is 2.45. The van der Waals surface area contributed by atoms with Gasteiger partial charge in [0.2, 0.25) is 5.91 Å². The van der Waals surface area contributed by atoms with E-state index in [0.29, 0.717) is 35.5 Å². The molecule has 23 heavy (non-hydrogen) atoms. The molecule has 0 N–H and O–H groups in total. The van der Waals surface area contributed by atoms with E-state index in [2.05, 4.69) is 0 Å². The van der Waals surface area contributed by atoms with Gasteiger partial charge in [0.15, 0.2) is 0 Å². The highest BCUT2D eigenvalue weighted by Crippen LogP contribution is 2.25. The second-order valence-electron chi connectivity index (χ2n) is 5.38. The summed E-state index contributed by atoms with van der Waals surface area (Å²) in [7, 11) is 0. The highest BCUT2D eigenvalue weighted by atomic mass is 35.5. The molecule has 2 aromatic carbocycles. The largest absolute Gasteiger partial charge is 0.489 e. The summed E-state index contributed by atoms with van der Waals surface area (Å²) < 4.78 is 5.68. The van der Waals surface area contributed by atoms with Crippen molar-refractivity contribution >= 4 is 29.1 Å². The van der Waals surface area contributed by atoms with Gasteiger partial charge in [0, 0.05) is 29.2 Å². The van der Waals surface area contributed by atoms with Crippen molar-refractivity contribution in [2.45, 2.75) is 6.54 Å². The van der Waals surface area contributed by atoms with Gasteiger partial charge in [0.05, 0.1) is 0 Å². The maximum Gasteiger partial charge on any atom is 0.247 e. The Balaban J connectivity index is 1.58. The first kappa shape index (κ1) is 15.9. The monoisotopic (exact) mass is 347 g/mol. The first-order chi connectivity index (χ1) is 11.1. The molecule has 2 aromatic rings. The first-order valence-electron chi connectivity index (χ1n) is 7.21. The minimum atomic E-state index is 0.0107. The minimum Gasteiger partial charge on any atom is -0.489 e. The Hall–Kier alpha value is -1.97. The molecular weight excluding hydrogens is 333 g/mol. The van der Waals surface area contributed by atoms with Crippen molar-refractivity contribution in [1.82, 2.24) is 4.90 Å². The van der Waals surface area contributed by atoms with Crippen molar-refractivity contribution in [2.75, 3.05) is 13.2 Å². The molecule has 0 fully saturated rings. The number of nitrogens with zero attached hydrogens (tertiary/aromatic N) is 1. The van der Waals surface area contributed by atoms with E-state index >= 15 is 0 Å². The third-order valence-corrected chi connectivity index (χ3v) is 3.95. The lowest BCUT2D eigenvalue weighted by Crippen LogP contribution is -2.25. The summed E-state index contributed by atoms with van der Waals surface area (Å²) in [5.74, 6) is 0.605. The van der Waals surface area contributed by atoms with Gasteiger partial charge >= 0.3 is 0 Å². The number of hydrogen-bond acceptors (Lipinski definition) is 2. The summed E-state index contributed by atoms with van der Waals surface area (Å²) >= 11 is 11.9. The number of halogens is 2. The van der Waals surface area contributed by atoms with Crippen molar-refractivity contribution in [2.24, 2.45) is 0 Å². The SMILES string of the molecule is O=C1C=C(COc2cc(Cl)cc(Cl)c2)CN1Cc1ccccc1. The maximum atomic E-state index is 12.1. The molecule has 0 saturated carbocycles. The van der Waals surface area contributed by atoms with Crippen LogP contribution in [0.15, 0.2) is 60.2 Å². The predicted molar refractivity (Wildman–Crippen MR) is 91.9 cm³/mol. The number of carbonyl (C=O) groups excluding carboxylic acids is 1. The van der Waals surface area contributed by atoms with E-state index in [1.807, 2.05) is 30.3 Å². The molecule has 0 spiro atoms. The van der Waals surface area contributed by atoms with Crippen LogP contribution < -0.4 is 4.74 Å². The van der Waals surface area contributed by atoms with Crippen LogP contribution in [0, 0.1) is 0 Å².